The average molecular weight is 452 g/mol. The van der Waals surface area contributed by atoms with Gasteiger partial charge in [0.1, 0.15) is 12.1 Å². The van der Waals surface area contributed by atoms with Crippen LogP contribution in [-0.4, -0.2) is 74.7 Å². The van der Waals surface area contributed by atoms with Gasteiger partial charge in [-0.15, -0.1) is 11.8 Å². The van der Waals surface area contributed by atoms with Gasteiger partial charge in [0, 0.05) is 12.7 Å². The van der Waals surface area contributed by atoms with Gasteiger partial charge in [-0.1, -0.05) is 44.2 Å². The molecule has 4 atom stereocenters. The zero-order valence-electron chi connectivity index (χ0n) is 17.8. The first-order valence-electron chi connectivity index (χ1n) is 10.0. The average Bonchev–Trinajstić information content (AvgIpc) is 3.21. The van der Waals surface area contributed by atoms with Gasteiger partial charge >= 0.3 is 5.97 Å². The van der Waals surface area contributed by atoms with E-state index in [2.05, 4.69) is 10.6 Å². The molecule has 1 heterocycles. The Labute approximate surface area is 185 Å². The van der Waals surface area contributed by atoms with Crippen LogP contribution in [-0.2, 0) is 25.6 Å². The third kappa shape index (κ3) is 6.70. The Balaban J connectivity index is 2.16. The van der Waals surface area contributed by atoms with Gasteiger partial charge in [0.15, 0.2) is 6.10 Å². The Kier molecular flexibility index (Phi) is 8.88. The second-order valence-corrected chi connectivity index (χ2v) is 8.83. The number of carbonyl (C=O) groups excluding carboxylic acids is 3. The first-order valence-corrected chi connectivity index (χ1v) is 11.2. The summed E-state index contributed by atoms with van der Waals surface area (Å²) in [5.74, 6) is -2.24. The molecule has 1 aromatic rings. The summed E-state index contributed by atoms with van der Waals surface area (Å²) in [6.45, 7) is 4.93. The minimum atomic E-state index is -1.80. The number of amides is 3. The molecule has 0 bridgehead atoms. The van der Waals surface area contributed by atoms with E-state index in [1.165, 1.54) is 23.6 Å². The van der Waals surface area contributed by atoms with Crippen molar-refractivity contribution >= 4 is 35.5 Å². The predicted molar refractivity (Wildman–Crippen MR) is 116 cm³/mol. The Morgan fingerprint density at radius 3 is 2.35 bits per heavy atom. The third-order valence-electron chi connectivity index (χ3n) is 5.02. The number of hydrogen-bond acceptors (Lipinski definition) is 6. The molecule has 1 saturated heterocycles. The molecule has 0 aliphatic carbocycles. The summed E-state index contributed by atoms with van der Waals surface area (Å²) in [5.41, 5.74) is 0.757. The molecule has 0 saturated carbocycles. The maximum absolute atomic E-state index is 13.0. The summed E-state index contributed by atoms with van der Waals surface area (Å²) in [5, 5.41) is 24.6. The molecule has 9 nitrogen and oxygen atoms in total. The molecular formula is C21H29N3O6S. The molecule has 10 heteroatoms. The van der Waals surface area contributed by atoms with E-state index >= 15 is 0 Å². The molecule has 1 aliphatic rings. The van der Waals surface area contributed by atoms with E-state index < -0.39 is 36.1 Å². The van der Waals surface area contributed by atoms with E-state index in [1.54, 1.807) is 38.1 Å². The molecule has 3 amide bonds. The van der Waals surface area contributed by atoms with Crippen LogP contribution in [0.15, 0.2) is 30.3 Å². The minimum absolute atomic E-state index is 0.119. The van der Waals surface area contributed by atoms with Gasteiger partial charge in [-0.25, -0.2) is 4.79 Å². The molecule has 170 valence electrons. The maximum atomic E-state index is 13.0. The minimum Gasteiger partial charge on any atom is -0.479 e. The fourth-order valence-electron chi connectivity index (χ4n) is 3.35. The summed E-state index contributed by atoms with van der Waals surface area (Å²) in [7, 11) is 0. The summed E-state index contributed by atoms with van der Waals surface area (Å²) in [6, 6.07) is 6.26. The molecule has 1 fully saturated rings. The highest BCUT2D eigenvalue weighted by Gasteiger charge is 2.40. The van der Waals surface area contributed by atoms with Gasteiger partial charge in [0.2, 0.25) is 17.7 Å². The predicted octanol–water partition coefficient (Wildman–Crippen LogP) is 0.222. The molecule has 4 N–H and O–H groups in total. The number of hydrogen-bond donors (Lipinski definition) is 4. The van der Waals surface area contributed by atoms with Crippen molar-refractivity contribution in [2.24, 2.45) is 5.92 Å². The van der Waals surface area contributed by atoms with Gasteiger partial charge in [-0.3, -0.25) is 14.4 Å². The number of nitrogens with one attached hydrogen (secondary N) is 2. The summed E-state index contributed by atoms with van der Waals surface area (Å²) >= 11 is 1.39. The van der Waals surface area contributed by atoms with Crippen LogP contribution in [0.5, 0.6) is 0 Å². The number of aliphatic hydroxyl groups is 1. The van der Waals surface area contributed by atoms with Gasteiger partial charge in [-0.2, -0.15) is 0 Å². The number of carbonyl (C=O) groups is 4. The van der Waals surface area contributed by atoms with E-state index in [0.29, 0.717) is 5.75 Å². The number of benzene rings is 1. The Hall–Kier alpha value is -2.59. The van der Waals surface area contributed by atoms with Crippen LogP contribution in [0.3, 0.4) is 0 Å². The van der Waals surface area contributed by atoms with E-state index in [-0.39, 0.29) is 30.0 Å². The molecule has 0 radical (unpaired) electrons. The number of thioether (sulfide) groups is 1. The first kappa shape index (κ1) is 24.7. The standard InChI is InChI=1S/C21H29N3O6S/c1-12(2)17(22-13(3)25)20(28)24-11-31-10-16(24)19(27)23-15(18(26)21(29)30)9-14-7-5-4-6-8-14/h4-8,12,15-18,26H,9-11H2,1-3H3,(H,22,25)(H,23,27)(H,29,30)/t15-,16-,17-,18?/m0/s1. The van der Waals surface area contributed by atoms with Crippen LogP contribution >= 0.6 is 11.8 Å². The zero-order valence-corrected chi connectivity index (χ0v) is 18.6. The SMILES string of the molecule is CC(=O)N[C@H](C(=O)N1CSC[C@H]1C(=O)N[C@@H](Cc1ccccc1)C(O)C(=O)O)C(C)C. The number of carboxylic acid groups (broad SMARTS) is 1. The lowest BCUT2D eigenvalue weighted by molar-refractivity contribution is -0.149. The van der Waals surface area contributed by atoms with Crippen molar-refractivity contribution in [3.8, 4) is 0 Å². The lowest BCUT2D eigenvalue weighted by atomic mass is 10.00. The summed E-state index contributed by atoms with van der Waals surface area (Å²) < 4.78 is 0. The summed E-state index contributed by atoms with van der Waals surface area (Å²) in [6.07, 6.45) is -1.68. The van der Waals surface area contributed by atoms with Gasteiger partial charge in [-0.05, 0) is 17.9 Å². The van der Waals surface area contributed by atoms with Gasteiger partial charge in [0.05, 0.1) is 11.9 Å². The van der Waals surface area contributed by atoms with Gasteiger partial charge < -0.3 is 25.7 Å². The van der Waals surface area contributed by atoms with E-state index in [4.69, 9.17) is 0 Å². The molecular weight excluding hydrogens is 422 g/mol. The topological polar surface area (TPSA) is 136 Å². The fourth-order valence-corrected chi connectivity index (χ4v) is 4.51. The highest BCUT2D eigenvalue weighted by atomic mass is 32.2. The number of carboxylic acids is 1. The van der Waals surface area contributed by atoms with Crippen LogP contribution in [0.25, 0.3) is 0 Å². The van der Waals surface area contributed by atoms with Crippen molar-refractivity contribution in [2.75, 3.05) is 11.6 Å². The number of nitrogens with zero attached hydrogens (tertiary/aromatic N) is 1. The fraction of sp³-hybridized carbons (Fsp3) is 0.524. The van der Waals surface area contributed by atoms with Crippen LogP contribution in [0.4, 0.5) is 0 Å². The van der Waals surface area contributed by atoms with Crippen molar-refractivity contribution in [2.45, 2.75) is 51.4 Å². The van der Waals surface area contributed by atoms with Crippen LogP contribution in [0, 0.1) is 5.92 Å². The monoisotopic (exact) mass is 451 g/mol. The molecule has 31 heavy (non-hydrogen) atoms. The van der Waals surface area contributed by atoms with E-state index in [0.717, 1.165) is 5.56 Å². The maximum Gasteiger partial charge on any atom is 0.334 e. The Morgan fingerprint density at radius 1 is 1.16 bits per heavy atom. The number of aliphatic carboxylic acids is 1. The van der Waals surface area contributed by atoms with E-state index in [9.17, 15) is 29.4 Å². The quantitative estimate of drug-likeness (QED) is 0.422. The largest absolute Gasteiger partial charge is 0.479 e. The Bertz CT molecular complexity index is 804. The molecule has 0 aromatic heterocycles. The van der Waals surface area contributed by atoms with Crippen molar-refractivity contribution in [3.05, 3.63) is 35.9 Å². The van der Waals surface area contributed by atoms with Crippen LogP contribution < -0.4 is 10.6 Å². The Morgan fingerprint density at radius 2 is 1.81 bits per heavy atom. The van der Waals surface area contributed by atoms with Crippen molar-refractivity contribution in [1.29, 1.82) is 0 Å². The van der Waals surface area contributed by atoms with E-state index in [1.807, 2.05) is 6.07 Å². The van der Waals surface area contributed by atoms with Crippen molar-refractivity contribution in [1.82, 2.24) is 15.5 Å². The number of rotatable bonds is 9. The lowest BCUT2D eigenvalue weighted by Gasteiger charge is -2.31. The smallest absolute Gasteiger partial charge is 0.334 e. The number of aliphatic hydroxyl groups excluding tert-OH is 1. The van der Waals surface area contributed by atoms with Crippen LogP contribution in [0.1, 0.15) is 26.3 Å². The lowest BCUT2D eigenvalue weighted by Crippen LogP contribution is -2.58. The first-order chi connectivity index (χ1) is 14.6. The second-order valence-electron chi connectivity index (χ2n) is 7.83. The van der Waals surface area contributed by atoms with Crippen molar-refractivity contribution < 1.29 is 29.4 Å². The summed E-state index contributed by atoms with van der Waals surface area (Å²) in [4.78, 5) is 50.3. The molecule has 1 unspecified atom stereocenters. The molecule has 2 rings (SSSR count). The van der Waals surface area contributed by atoms with Crippen LogP contribution in [0.2, 0.25) is 0 Å². The zero-order chi connectivity index (χ0) is 23.1. The second kappa shape index (κ2) is 11.1. The molecule has 1 aliphatic heterocycles. The highest BCUT2D eigenvalue weighted by molar-refractivity contribution is 7.99. The third-order valence-corrected chi connectivity index (χ3v) is 6.03. The highest BCUT2D eigenvalue weighted by Crippen LogP contribution is 2.24. The van der Waals surface area contributed by atoms with Crippen molar-refractivity contribution in [3.63, 3.8) is 0 Å². The molecule has 0 spiro atoms. The molecule has 1 aromatic carbocycles. The van der Waals surface area contributed by atoms with Gasteiger partial charge in [0.25, 0.3) is 0 Å². The normalized spacial score (nSPS) is 18.9.